The van der Waals surface area contributed by atoms with Crippen molar-refractivity contribution in [2.75, 3.05) is 11.0 Å². The smallest absolute Gasteiger partial charge is 0.186 e. The van der Waals surface area contributed by atoms with Crippen molar-refractivity contribution in [2.45, 2.75) is 31.8 Å². The van der Waals surface area contributed by atoms with Crippen LogP contribution in [0.4, 0.5) is 0 Å². The molecule has 1 aliphatic carbocycles. The maximum atomic E-state index is 5.74. The van der Waals surface area contributed by atoms with Crippen LogP contribution in [0, 0.1) is 5.92 Å². The minimum absolute atomic E-state index is 0.376. The number of rotatable bonds is 2. The molecule has 1 unspecified atom stereocenters. The third-order valence-electron chi connectivity index (χ3n) is 2.61. The largest absolute Gasteiger partial charge is 0.475 e. The molecule has 0 saturated heterocycles. The SMILES string of the molecule is ICC1CN=C(C2CCCC2)O1. The Morgan fingerprint density at radius 1 is 1.42 bits per heavy atom. The van der Waals surface area contributed by atoms with Crippen molar-refractivity contribution in [1.82, 2.24) is 0 Å². The number of nitrogens with zero attached hydrogens (tertiary/aromatic N) is 1. The summed E-state index contributed by atoms with van der Waals surface area (Å²) in [5.41, 5.74) is 0. The molecule has 2 aliphatic rings. The molecule has 0 aromatic rings. The maximum Gasteiger partial charge on any atom is 0.186 e. The van der Waals surface area contributed by atoms with Gasteiger partial charge in [-0.3, -0.25) is 4.99 Å². The summed E-state index contributed by atoms with van der Waals surface area (Å²) in [7, 11) is 0. The summed E-state index contributed by atoms with van der Waals surface area (Å²) in [6.07, 6.45) is 5.70. The Morgan fingerprint density at radius 3 is 2.75 bits per heavy atom. The molecule has 0 spiro atoms. The fraction of sp³-hybridized carbons (Fsp3) is 0.889. The van der Waals surface area contributed by atoms with Crippen LogP contribution in [0.3, 0.4) is 0 Å². The van der Waals surface area contributed by atoms with Crippen LogP contribution in [0.2, 0.25) is 0 Å². The fourth-order valence-corrected chi connectivity index (χ4v) is 2.37. The highest BCUT2D eigenvalue weighted by atomic mass is 127. The summed E-state index contributed by atoms with van der Waals surface area (Å²) in [5.74, 6) is 1.73. The molecule has 1 saturated carbocycles. The summed E-state index contributed by atoms with van der Waals surface area (Å²) in [6.45, 7) is 0.898. The minimum atomic E-state index is 0.376. The van der Waals surface area contributed by atoms with E-state index < -0.39 is 0 Å². The van der Waals surface area contributed by atoms with Crippen LogP contribution < -0.4 is 0 Å². The van der Waals surface area contributed by atoms with E-state index in [1.165, 1.54) is 25.7 Å². The van der Waals surface area contributed by atoms with Crippen LogP contribution in [-0.4, -0.2) is 23.0 Å². The Morgan fingerprint density at radius 2 is 2.17 bits per heavy atom. The van der Waals surface area contributed by atoms with Gasteiger partial charge in [-0.05, 0) is 12.8 Å². The molecule has 0 amide bonds. The molecule has 68 valence electrons. The zero-order chi connectivity index (χ0) is 8.39. The van der Waals surface area contributed by atoms with Crippen LogP contribution in [-0.2, 0) is 4.74 Å². The van der Waals surface area contributed by atoms with Crippen LogP contribution in [0.1, 0.15) is 25.7 Å². The molecule has 0 bridgehead atoms. The average Bonchev–Trinajstić information content (AvgIpc) is 2.75. The second-order valence-corrected chi connectivity index (χ2v) is 4.44. The van der Waals surface area contributed by atoms with Crippen LogP contribution in [0.25, 0.3) is 0 Å². The van der Waals surface area contributed by atoms with Crippen molar-refractivity contribution in [3.63, 3.8) is 0 Å². The Kier molecular flexibility index (Phi) is 2.88. The first-order chi connectivity index (χ1) is 5.90. The van der Waals surface area contributed by atoms with Crippen molar-refractivity contribution < 1.29 is 4.74 Å². The second kappa shape index (κ2) is 3.94. The van der Waals surface area contributed by atoms with E-state index in [0.29, 0.717) is 12.0 Å². The highest BCUT2D eigenvalue weighted by Crippen LogP contribution is 2.28. The van der Waals surface area contributed by atoms with Gasteiger partial charge >= 0.3 is 0 Å². The molecule has 2 nitrogen and oxygen atoms in total. The van der Waals surface area contributed by atoms with E-state index in [0.717, 1.165) is 16.9 Å². The summed E-state index contributed by atoms with van der Waals surface area (Å²) < 4.78 is 6.80. The Labute approximate surface area is 86.9 Å². The molecular formula is C9H14INO. The third kappa shape index (κ3) is 1.75. The number of hydrogen-bond donors (Lipinski definition) is 0. The van der Waals surface area contributed by atoms with Gasteiger partial charge in [0.2, 0.25) is 0 Å². The normalized spacial score (nSPS) is 30.4. The standard InChI is InChI=1S/C9H14INO/c10-5-8-6-11-9(12-8)7-3-1-2-4-7/h7-8H,1-6H2. The van der Waals surface area contributed by atoms with Gasteiger partial charge < -0.3 is 4.74 Å². The number of hydrogen-bond acceptors (Lipinski definition) is 2. The van der Waals surface area contributed by atoms with Crippen molar-refractivity contribution in [3.8, 4) is 0 Å². The van der Waals surface area contributed by atoms with Crippen molar-refractivity contribution in [1.29, 1.82) is 0 Å². The first-order valence-corrected chi connectivity index (χ1v) is 6.19. The first kappa shape index (κ1) is 8.78. The lowest BCUT2D eigenvalue weighted by Gasteiger charge is -2.11. The lowest BCUT2D eigenvalue weighted by atomic mass is 10.1. The van der Waals surface area contributed by atoms with Gasteiger partial charge in [-0.25, -0.2) is 0 Å². The average molecular weight is 279 g/mol. The van der Waals surface area contributed by atoms with Crippen molar-refractivity contribution in [3.05, 3.63) is 0 Å². The predicted octanol–water partition coefficient (Wildman–Crippen LogP) is 2.41. The Bertz CT molecular complexity index is 187. The summed E-state index contributed by atoms with van der Waals surface area (Å²) in [4.78, 5) is 4.46. The number of ether oxygens (including phenoxy) is 1. The monoisotopic (exact) mass is 279 g/mol. The van der Waals surface area contributed by atoms with Gasteiger partial charge in [-0.15, -0.1) is 0 Å². The summed E-state index contributed by atoms with van der Waals surface area (Å²) in [6, 6.07) is 0. The molecule has 12 heavy (non-hydrogen) atoms. The van der Waals surface area contributed by atoms with E-state index in [1.807, 2.05) is 0 Å². The van der Waals surface area contributed by atoms with Gasteiger partial charge in [-0.2, -0.15) is 0 Å². The van der Waals surface area contributed by atoms with Crippen LogP contribution in [0.5, 0.6) is 0 Å². The first-order valence-electron chi connectivity index (χ1n) is 4.67. The molecule has 2 rings (SSSR count). The zero-order valence-electron chi connectivity index (χ0n) is 7.13. The Hall–Kier alpha value is 0.200. The lowest BCUT2D eigenvalue weighted by Crippen LogP contribution is -2.18. The van der Waals surface area contributed by atoms with Crippen LogP contribution in [0.15, 0.2) is 4.99 Å². The van der Waals surface area contributed by atoms with E-state index in [9.17, 15) is 0 Å². The highest BCUT2D eigenvalue weighted by molar-refractivity contribution is 14.1. The van der Waals surface area contributed by atoms with Gasteiger partial charge in [0.15, 0.2) is 5.90 Å². The van der Waals surface area contributed by atoms with E-state index in [1.54, 1.807) is 0 Å². The molecular weight excluding hydrogens is 265 g/mol. The zero-order valence-corrected chi connectivity index (χ0v) is 9.29. The van der Waals surface area contributed by atoms with E-state index >= 15 is 0 Å². The van der Waals surface area contributed by atoms with E-state index in [-0.39, 0.29) is 0 Å². The van der Waals surface area contributed by atoms with Gasteiger partial charge in [-0.1, -0.05) is 35.4 Å². The van der Waals surface area contributed by atoms with Crippen molar-refractivity contribution >= 4 is 28.5 Å². The molecule has 0 N–H and O–H groups in total. The summed E-state index contributed by atoms with van der Waals surface area (Å²) >= 11 is 2.36. The van der Waals surface area contributed by atoms with Gasteiger partial charge in [0.1, 0.15) is 6.10 Å². The molecule has 3 heteroatoms. The molecule has 1 atom stereocenters. The van der Waals surface area contributed by atoms with Gasteiger partial charge in [0.05, 0.1) is 6.54 Å². The van der Waals surface area contributed by atoms with Crippen molar-refractivity contribution in [2.24, 2.45) is 10.9 Å². The fourth-order valence-electron chi connectivity index (χ4n) is 1.92. The third-order valence-corrected chi connectivity index (χ3v) is 3.60. The second-order valence-electron chi connectivity index (χ2n) is 3.55. The minimum Gasteiger partial charge on any atom is -0.475 e. The lowest BCUT2D eigenvalue weighted by molar-refractivity contribution is 0.237. The number of alkyl halides is 1. The van der Waals surface area contributed by atoms with E-state index in [2.05, 4.69) is 27.6 Å². The molecule has 0 aromatic carbocycles. The Balaban J connectivity index is 1.89. The van der Waals surface area contributed by atoms with Gasteiger partial charge in [0.25, 0.3) is 0 Å². The molecule has 1 fully saturated rings. The molecule has 1 aliphatic heterocycles. The molecule has 1 heterocycles. The van der Waals surface area contributed by atoms with Gasteiger partial charge in [0, 0.05) is 10.3 Å². The van der Waals surface area contributed by atoms with Crippen LogP contribution >= 0.6 is 22.6 Å². The molecule has 0 radical (unpaired) electrons. The molecule has 0 aromatic heterocycles. The number of aliphatic imine (C=N–C) groups is 1. The predicted molar refractivity (Wildman–Crippen MR) is 58.0 cm³/mol. The maximum absolute atomic E-state index is 5.74. The quantitative estimate of drug-likeness (QED) is 0.562. The highest BCUT2D eigenvalue weighted by Gasteiger charge is 2.27. The number of halogens is 1. The summed E-state index contributed by atoms with van der Waals surface area (Å²) in [5, 5.41) is 0. The van der Waals surface area contributed by atoms with E-state index in [4.69, 9.17) is 4.74 Å². The topological polar surface area (TPSA) is 21.6 Å².